The minimum Gasteiger partial charge on any atom is -0.462 e. The van der Waals surface area contributed by atoms with E-state index in [0.717, 1.165) is 22.3 Å². The molecular weight excluding hydrogens is 262 g/mol. The van der Waals surface area contributed by atoms with Gasteiger partial charge in [0.1, 0.15) is 0 Å². The Morgan fingerprint density at radius 1 is 1.14 bits per heavy atom. The molecule has 0 spiro atoms. The number of aryl methyl sites for hydroxylation is 1. The smallest absolute Gasteiger partial charge is 0.340 e. The van der Waals surface area contributed by atoms with Crippen LogP contribution in [0.1, 0.15) is 22.8 Å². The van der Waals surface area contributed by atoms with E-state index >= 15 is 0 Å². The zero-order chi connectivity index (χ0) is 14.8. The first-order valence-electron chi connectivity index (χ1n) is 7.05. The Morgan fingerprint density at radius 3 is 2.62 bits per heavy atom. The molecule has 2 aromatic heterocycles. The van der Waals surface area contributed by atoms with Crippen LogP contribution in [-0.2, 0) is 4.74 Å². The van der Waals surface area contributed by atoms with Crippen LogP contribution in [0, 0.1) is 6.92 Å². The normalized spacial score (nSPS) is 10.8. The Bertz CT molecular complexity index is 788. The Morgan fingerprint density at radius 2 is 1.90 bits per heavy atom. The van der Waals surface area contributed by atoms with Gasteiger partial charge in [0, 0.05) is 6.20 Å². The molecule has 3 heteroatoms. The van der Waals surface area contributed by atoms with Crippen molar-refractivity contribution >= 4 is 11.5 Å². The molecule has 0 aliphatic rings. The van der Waals surface area contributed by atoms with Gasteiger partial charge in [0.05, 0.1) is 23.4 Å². The maximum atomic E-state index is 12.2. The maximum absolute atomic E-state index is 12.2. The van der Waals surface area contributed by atoms with Crippen molar-refractivity contribution in [2.75, 3.05) is 6.61 Å². The molecule has 0 unspecified atom stereocenters. The zero-order valence-corrected chi connectivity index (χ0v) is 12.2. The number of fused-ring (bicyclic) bond motifs is 1. The number of pyridine rings is 1. The second kappa shape index (κ2) is 5.44. The molecule has 2 heterocycles. The Hall–Kier alpha value is -2.55. The predicted molar refractivity (Wildman–Crippen MR) is 83.5 cm³/mol. The summed E-state index contributed by atoms with van der Waals surface area (Å²) in [5, 5.41) is 0. The van der Waals surface area contributed by atoms with Crippen LogP contribution >= 0.6 is 0 Å². The average molecular weight is 279 g/mol. The van der Waals surface area contributed by atoms with Crippen molar-refractivity contribution in [2.24, 2.45) is 0 Å². The molecule has 0 amide bonds. The summed E-state index contributed by atoms with van der Waals surface area (Å²) in [4.78, 5) is 12.2. The second-order valence-corrected chi connectivity index (χ2v) is 4.99. The molecule has 0 bridgehead atoms. The van der Waals surface area contributed by atoms with Crippen LogP contribution in [-0.4, -0.2) is 17.0 Å². The van der Waals surface area contributed by atoms with Gasteiger partial charge in [-0.15, -0.1) is 0 Å². The van der Waals surface area contributed by atoms with Crippen molar-refractivity contribution < 1.29 is 9.53 Å². The Kier molecular flexibility index (Phi) is 3.48. The fourth-order valence-corrected chi connectivity index (χ4v) is 2.51. The number of hydrogen-bond donors (Lipinski definition) is 0. The van der Waals surface area contributed by atoms with Crippen molar-refractivity contribution in [1.29, 1.82) is 0 Å². The number of esters is 1. The number of carbonyl (C=O) groups excluding carboxylic acids is 1. The number of hydrogen-bond acceptors (Lipinski definition) is 2. The summed E-state index contributed by atoms with van der Waals surface area (Å²) < 4.78 is 7.22. The first-order valence-corrected chi connectivity index (χ1v) is 7.05. The number of benzene rings is 1. The monoisotopic (exact) mass is 279 g/mol. The summed E-state index contributed by atoms with van der Waals surface area (Å²) in [7, 11) is 0. The molecule has 0 radical (unpaired) electrons. The van der Waals surface area contributed by atoms with E-state index in [1.807, 2.05) is 68.6 Å². The lowest BCUT2D eigenvalue weighted by molar-refractivity contribution is 0.0529. The first kappa shape index (κ1) is 13.4. The molecule has 3 nitrogen and oxygen atoms in total. The third-order valence-electron chi connectivity index (χ3n) is 3.48. The fraction of sp³-hybridized carbons (Fsp3) is 0.167. The van der Waals surface area contributed by atoms with Gasteiger partial charge in [-0.3, -0.25) is 0 Å². The molecule has 0 saturated carbocycles. The molecule has 0 saturated heterocycles. The average Bonchev–Trinajstić information content (AvgIpc) is 2.87. The number of aromatic nitrogens is 1. The quantitative estimate of drug-likeness (QED) is 0.676. The van der Waals surface area contributed by atoms with Crippen molar-refractivity contribution in [3.05, 3.63) is 65.9 Å². The summed E-state index contributed by atoms with van der Waals surface area (Å²) in [6.45, 7) is 4.24. The van der Waals surface area contributed by atoms with E-state index in [4.69, 9.17) is 4.74 Å². The van der Waals surface area contributed by atoms with E-state index in [-0.39, 0.29) is 5.97 Å². The highest BCUT2D eigenvalue weighted by atomic mass is 16.5. The highest BCUT2D eigenvalue weighted by Crippen LogP contribution is 2.27. The minimum absolute atomic E-state index is 0.277. The van der Waals surface area contributed by atoms with E-state index in [1.165, 1.54) is 0 Å². The molecule has 3 rings (SSSR count). The van der Waals surface area contributed by atoms with Crippen molar-refractivity contribution in [2.45, 2.75) is 13.8 Å². The van der Waals surface area contributed by atoms with Gasteiger partial charge >= 0.3 is 5.97 Å². The van der Waals surface area contributed by atoms with Gasteiger partial charge < -0.3 is 9.14 Å². The van der Waals surface area contributed by atoms with Gasteiger partial charge in [-0.05, 0) is 37.1 Å². The van der Waals surface area contributed by atoms with Gasteiger partial charge in [0.15, 0.2) is 0 Å². The highest BCUT2D eigenvalue weighted by Gasteiger charge is 2.17. The SMILES string of the molecule is CCOC(=O)c1cc(-c2ccccc2)n2cc(C)ccc12. The molecule has 0 N–H and O–H groups in total. The number of rotatable bonds is 3. The third kappa shape index (κ3) is 2.42. The lowest BCUT2D eigenvalue weighted by Crippen LogP contribution is -2.03. The van der Waals surface area contributed by atoms with Crippen LogP contribution in [0.15, 0.2) is 54.7 Å². The molecule has 1 aromatic carbocycles. The molecular formula is C18H17NO2. The summed E-state index contributed by atoms with van der Waals surface area (Å²) in [6.07, 6.45) is 2.04. The number of nitrogens with zero attached hydrogens (tertiary/aromatic N) is 1. The number of carbonyl (C=O) groups is 1. The summed E-state index contributed by atoms with van der Waals surface area (Å²) in [6, 6.07) is 15.9. The lowest BCUT2D eigenvalue weighted by Gasteiger charge is -2.04. The zero-order valence-electron chi connectivity index (χ0n) is 12.2. The molecule has 0 aliphatic carbocycles. The van der Waals surface area contributed by atoms with Crippen LogP contribution in [0.3, 0.4) is 0 Å². The maximum Gasteiger partial charge on any atom is 0.340 e. The highest BCUT2D eigenvalue weighted by molar-refractivity contribution is 5.99. The van der Waals surface area contributed by atoms with E-state index in [0.29, 0.717) is 12.2 Å². The van der Waals surface area contributed by atoms with Crippen LogP contribution < -0.4 is 0 Å². The summed E-state index contributed by atoms with van der Waals surface area (Å²) in [5.41, 5.74) is 4.70. The molecule has 3 aromatic rings. The van der Waals surface area contributed by atoms with Crippen LogP contribution in [0.25, 0.3) is 16.8 Å². The molecule has 0 atom stereocenters. The van der Waals surface area contributed by atoms with Crippen molar-refractivity contribution in [1.82, 2.24) is 4.40 Å². The van der Waals surface area contributed by atoms with E-state index in [1.54, 1.807) is 0 Å². The van der Waals surface area contributed by atoms with Crippen molar-refractivity contribution in [3.63, 3.8) is 0 Å². The van der Waals surface area contributed by atoms with Gasteiger partial charge in [0.2, 0.25) is 0 Å². The van der Waals surface area contributed by atoms with Crippen LogP contribution in [0.2, 0.25) is 0 Å². The van der Waals surface area contributed by atoms with Crippen molar-refractivity contribution in [3.8, 4) is 11.3 Å². The second-order valence-electron chi connectivity index (χ2n) is 4.99. The van der Waals surface area contributed by atoms with Crippen LogP contribution in [0.5, 0.6) is 0 Å². The lowest BCUT2D eigenvalue weighted by atomic mass is 10.1. The fourth-order valence-electron chi connectivity index (χ4n) is 2.51. The summed E-state index contributed by atoms with van der Waals surface area (Å²) in [5.74, 6) is -0.277. The molecule has 21 heavy (non-hydrogen) atoms. The largest absolute Gasteiger partial charge is 0.462 e. The summed E-state index contributed by atoms with van der Waals surface area (Å²) >= 11 is 0. The standard InChI is InChI=1S/C18H17NO2/c1-3-21-18(20)15-11-17(14-7-5-4-6-8-14)19-12-13(2)9-10-16(15)19/h4-12H,3H2,1-2H3. The van der Waals surface area contributed by atoms with E-state index in [2.05, 4.69) is 4.40 Å². The topological polar surface area (TPSA) is 30.7 Å². The van der Waals surface area contributed by atoms with E-state index < -0.39 is 0 Å². The predicted octanol–water partition coefficient (Wildman–Crippen LogP) is 4.09. The minimum atomic E-state index is -0.277. The Balaban J connectivity index is 2.25. The molecule has 106 valence electrons. The van der Waals surface area contributed by atoms with Gasteiger partial charge in [0.25, 0.3) is 0 Å². The molecule has 0 fully saturated rings. The van der Waals surface area contributed by atoms with Gasteiger partial charge in [-0.2, -0.15) is 0 Å². The van der Waals surface area contributed by atoms with Gasteiger partial charge in [-0.1, -0.05) is 36.4 Å². The first-order chi connectivity index (χ1) is 10.2. The third-order valence-corrected chi connectivity index (χ3v) is 3.48. The Labute approximate surface area is 123 Å². The molecule has 0 aliphatic heterocycles. The number of ether oxygens (including phenoxy) is 1. The van der Waals surface area contributed by atoms with E-state index in [9.17, 15) is 4.79 Å². The van der Waals surface area contributed by atoms with Crippen LogP contribution in [0.4, 0.5) is 0 Å². The van der Waals surface area contributed by atoms with Gasteiger partial charge in [-0.25, -0.2) is 4.79 Å².